The molecule has 2 aromatic rings. The summed E-state index contributed by atoms with van der Waals surface area (Å²) in [5, 5.41) is 0.238. The van der Waals surface area contributed by atoms with Gasteiger partial charge < -0.3 is 9.47 Å². The minimum atomic E-state index is -4.77. The van der Waals surface area contributed by atoms with Gasteiger partial charge in [0.25, 0.3) is 0 Å². The van der Waals surface area contributed by atoms with Gasteiger partial charge in [-0.05, 0) is 18.2 Å². The van der Waals surface area contributed by atoms with E-state index in [2.05, 4.69) is 9.72 Å². The number of hydrogen-bond acceptors (Lipinski definition) is 3. The molecule has 0 saturated heterocycles. The first-order valence-electron chi connectivity index (χ1n) is 5.53. The fourth-order valence-corrected chi connectivity index (χ4v) is 1.63. The van der Waals surface area contributed by atoms with Crippen molar-refractivity contribution < 1.29 is 22.6 Å². The van der Waals surface area contributed by atoms with Crippen molar-refractivity contribution >= 4 is 11.6 Å². The topological polar surface area (TPSA) is 31.4 Å². The van der Waals surface area contributed by atoms with Gasteiger partial charge in [-0.3, -0.25) is 0 Å². The Bertz CT molecular complexity index is 590. The van der Waals surface area contributed by atoms with E-state index in [1.807, 2.05) is 0 Å². The van der Waals surface area contributed by atoms with Gasteiger partial charge in [-0.1, -0.05) is 29.8 Å². The summed E-state index contributed by atoms with van der Waals surface area (Å²) in [4.78, 5) is 3.85. The van der Waals surface area contributed by atoms with Gasteiger partial charge in [0.05, 0.1) is 0 Å². The number of ether oxygens (including phenoxy) is 2. The first kappa shape index (κ1) is 14.5. The molecule has 0 bridgehead atoms. The Labute approximate surface area is 117 Å². The van der Waals surface area contributed by atoms with Gasteiger partial charge in [-0.2, -0.15) is 0 Å². The van der Waals surface area contributed by atoms with Crippen molar-refractivity contribution in [2.24, 2.45) is 0 Å². The molecule has 0 saturated carbocycles. The van der Waals surface area contributed by atoms with Gasteiger partial charge in [0, 0.05) is 11.8 Å². The largest absolute Gasteiger partial charge is 0.573 e. The lowest BCUT2D eigenvalue weighted by Crippen LogP contribution is -2.17. The maximum Gasteiger partial charge on any atom is 0.573 e. The van der Waals surface area contributed by atoms with Gasteiger partial charge >= 0.3 is 6.36 Å². The van der Waals surface area contributed by atoms with Gasteiger partial charge in [0.1, 0.15) is 11.8 Å². The molecule has 0 fully saturated rings. The first-order valence-corrected chi connectivity index (χ1v) is 5.90. The van der Waals surface area contributed by atoms with Crippen LogP contribution < -0.4 is 9.47 Å². The highest BCUT2D eigenvalue weighted by Crippen LogP contribution is 2.32. The molecule has 0 aliphatic rings. The molecule has 2 rings (SSSR count). The van der Waals surface area contributed by atoms with E-state index in [0.717, 1.165) is 0 Å². The number of alkyl halides is 3. The third-order valence-corrected chi connectivity index (χ3v) is 2.63. The first-order chi connectivity index (χ1) is 9.46. The summed E-state index contributed by atoms with van der Waals surface area (Å²) in [5.74, 6) is -0.426. The van der Waals surface area contributed by atoms with Crippen molar-refractivity contribution in [1.82, 2.24) is 4.98 Å². The van der Waals surface area contributed by atoms with E-state index < -0.39 is 12.1 Å². The number of nitrogens with zero attached hydrogens (tertiary/aromatic N) is 1. The predicted octanol–water partition coefficient (Wildman–Crippen LogP) is 4.21. The minimum absolute atomic E-state index is 0.00902. The molecular weight excluding hydrogens is 295 g/mol. The van der Waals surface area contributed by atoms with Crippen LogP contribution in [0.2, 0.25) is 5.15 Å². The zero-order valence-corrected chi connectivity index (χ0v) is 10.8. The van der Waals surface area contributed by atoms with Gasteiger partial charge in [0.2, 0.25) is 0 Å². The summed E-state index contributed by atoms with van der Waals surface area (Å²) in [6.07, 6.45) is -3.27. The number of rotatable bonds is 4. The molecule has 0 amide bonds. The van der Waals surface area contributed by atoms with E-state index in [1.165, 1.54) is 24.4 Å². The zero-order valence-electron chi connectivity index (χ0n) is 10.0. The summed E-state index contributed by atoms with van der Waals surface area (Å²) >= 11 is 5.83. The Morgan fingerprint density at radius 2 is 1.75 bits per heavy atom. The SMILES string of the molecule is FC(F)(F)Oc1ccccc1OCc1cccnc1Cl. The van der Waals surface area contributed by atoms with Crippen molar-refractivity contribution in [1.29, 1.82) is 0 Å². The quantitative estimate of drug-likeness (QED) is 0.793. The number of para-hydroxylation sites is 2. The van der Waals surface area contributed by atoms with Crippen molar-refractivity contribution in [2.45, 2.75) is 13.0 Å². The third-order valence-electron chi connectivity index (χ3n) is 2.29. The van der Waals surface area contributed by atoms with Crippen LogP contribution in [0.1, 0.15) is 5.56 Å². The Kier molecular flexibility index (Phi) is 4.34. The monoisotopic (exact) mass is 303 g/mol. The Morgan fingerprint density at radius 3 is 2.40 bits per heavy atom. The van der Waals surface area contributed by atoms with Crippen LogP contribution in [0.15, 0.2) is 42.6 Å². The highest BCUT2D eigenvalue weighted by atomic mass is 35.5. The molecule has 1 aromatic heterocycles. The van der Waals surface area contributed by atoms with Gasteiger partial charge in [-0.15, -0.1) is 13.2 Å². The molecule has 0 radical (unpaired) electrons. The maximum atomic E-state index is 12.2. The minimum Gasteiger partial charge on any atom is -0.485 e. The van der Waals surface area contributed by atoms with Crippen LogP contribution in [0.4, 0.5) is 13.2 Å². The van der Waals surface area contributed by atoms with E-state index in [0.29, 0.717) is 5.56 Å². The molecular formula is C13H9ClF3NO2. The Balaban J connectivity index is 2.12. The average molecular weight is 304 g/mol. The molecule has 1 heterocycles. The summed E-state index contributed by atoms with van der Waals surface area (Å²) in [6.45, 7) is -0.00902. The number of pyridine rings is 1. The van der Waals surface area contributed by atoms with Crippen molar-refractivity contribution in [3.05, 3.63) is 53.3 Å². The highest BCUT2D eigenvalue weighted by Gasteiger charge is 2.32. The zero-order chi connectivity index (χ0) is 14.6. The lowest BCUT2D eigenvalue weighted by molar-refractivity contribution is -0.275. The summed E-state index contributed by atoms with van der Waals surface area (Å²) in [5.41, 5.74) is 0.566. The second kappa shape index (κ2) is 6.00. The molecule has 1 aromatic carbocycles. The molecule has 0 aliphatic heterocycles. The van der Waals surface area contributed by atoms with E-state index in [1.54, 1.807) is 18.2 Å². The second-order valence-electron chi connectivity index (χ2n) is 3.74. The van der Waals surface area contributed by atoms with Crippen LogP contribution in [0, 0.1) is 0 Å². The highest BCUT2D eigenvalue weighted by molar-refractivity contribution is 6.30. The smallest absolute Gasteiger partial charge is 0.485 e. The van der Waals surface area contributed by atoms with Crippen LogP contribution in [-0.2, 0) is 6.61 Å². The molecule has 0 unspecified atom stereocenters. The Morgan fingerprint density at radius 1 is 1.05 bits per heavy atom. The lowest BCUT2D eigenvalue weighted by Gasteiger charge is -2.14. The van der Waals surface area contributed by atoms with E-state index in [-0.39, 0.29) is 17.5 Å². The molecule has 3 nitrogen and oxygen atoms in total. The summed E-state index contributed by atoms with van der Waals surface area (Å²) < 4.78 is 45.9. The van der Waals surface area contributed by atoms with Gasteiger partial charge in [-0.25, -0.2) is 4.98 Å². The van der Waals surface area contributed by atoms with Crippen molar-refractivity contribution in [3.63, 3.8) is 0 Å². The van der Waals surface area contributed by atoms with Crippen LogP contribution in [0.5, 0.6) is 11.5 Å². The number of benzene rings is 1. The fraction of sp³-hybridized carbons (Fsp3) is 0.154. The molecule has 0 N–H and O–H groups in total. The number of aromatic nitrogens is 1. The van der Waals surface area contributed by atoms with E-state index >= 15 is 0 Å². The molecule has 0 aliphatic carbocycles. The van der Waals surface area contributed by atoms with Crippen LogP contribution in [0.25, 0.3) is 0 Å². The maximum absolute atomic E-state index is 12.2. The van der Waals surface area contributed by atoms with Crippen molar-refractivity contribution in [2.75, 3.05) is 0 Å². The lowest BCUT2D eigenvalue weighted by atomic mass is 10.3. The Hall–Kier alpha value is -1.95. The molecule has 20 heavy (non-hydrogen) atoms. The third kappa shape index (κ3) is 4.03. The number of hydrogen-bond donors (Lipinski definition) is 0. The predicted molar refractivity (Wildman–Crippen MR) is 66.7 cm³/mol. The summed E-state index contributed by atoms with van der Waals surface area (Å²) in [7, 11) is 0. The van der Waals surface area contributed by atoms with Crippen LogP contribution in [0.3, 0.4) is 0 Å². The van der Waals surface area contributed by atoms with E-state index in [4.69, 9.17) is 16.3 Å². The van der Waals surface area contributed by atoms with Crippen LogP contribution in [-0.4, -0.2) is 11.3 Å². The molecule has 106 valence electrons. The van der Waals surface area contributed by atoms with Gasteiger partial charge in [0.15, 0.2) is 11.5 Å². The standard InChI is InChI=1S/C13H9ClF3NO2/c14-12-9(4-3-7-18-12)8-19-10-5-1-2-6-11(10)20-13(15,16)17/h1-7H,8H2. The summed E-state index contributed by atoms with van der Waals surface area (Å²) in [6, 6.07) is 8.85. The number of halogens is 4. The molecule has 7 heteroatoms. The van der Waals surface area contributed by atoms with Crippen LogP contribution >= 0.6 is 11.6 Å². The average Bonchev–Trinajstić information content (AvgIpc) is 2.37. The normalized spacial score (nSPS) is 11.2. The van der Waals surface area contributed by atoms with Crippen molar-refractivity contribution in [3.8, 4) is 11.5 Å². The molecule has 0 spiro atoms. The fourth-order valence-electron chi connectivity index (χ4n) is 1.46. The molecule has 0 atom stereocenters. The second-order valence-corrected chi connectivity index (χ2v) is 4.09. The van der Waals surface area contributed by atoms with E-state index in [9.17, 15) is 13.2 Å².